The number of primary amides is 1. The van der Waals surface area contributed by atoms with Crippen LogP contribution < -0.4 is 15.8 Å². The maximum atomic E-state index is 12.1. The molecule has 2 aromatic rings. The maximum Gasteiger partial charge on any atom is 0.341 e. The third-order valence-electron chi connectivity index (χ3n) is 2.98. The fraction of sp³-hybridized carbons (Fsp3) is 0.188. The van der Waals surface area contributed by atoms with E-state index in [2.05, 4.69) is 5.32 Å². The molecule has 0 aliphatic carbocycles. The predicted octanol–water partition coefficient (Wildman–Crippen LogP) is 2.69. The summed E-state index contributed by atoms with van der Waals surface area (Å²) in [5, 5.41) is 4.92. The second-order valence-corrected chi connectivity index (χ2v) is 6.08. The van der Waals surface area contributed by atoms with Crippen LogP contribution in [-0.4, -0.2) is 31.0 Å². The summed E-state index contributed by atoms with van der Waals surface area (Å²) in [5.41, 5.74) is 5.63. The zero-order chi connectivity index (χ0) is 18.4. The highest BCUT2D eigenvalue weighted by molar-refractivity contribution is 7.14. The fourth-order valence-electron chi connectivity index (χ4n) is 1.90. The number of hydrogen-bond acceptors (Lipinski definition) is 6. The van der Waals surface area contributed by atoms with Crippen molar-refractivity contribution in [2.75, 3.05) is 18.5 Å². The molecule has 0 radical (unpaired) electrons. The van der Waals surface area contributed by atoms with E-state index >= 15 is 0 Å². The zero-order valence-corrected chi connectivity index (χ0v) is 14.8. The molecule has 0 spiro atoms. The Balaban J connectivity index is 2.03. The molecule has 3 N–H and O–H groups in total. The van der Waals surface area contributed by atoms with Gasteiger partial charge in [-0.2, -0.15) is 0 Å². The summed E-state index contributed by atoms with van der Waals surface area (Å²) in [5.74, 6) is -1.63. The van der Waals surface area contributed by atoms with E-state index in [9.17, 15) is 14.4 Å². The highest BCUT2D eigenvalue weighted by atomic mass is 35.5. The van der Waals surface area contributed by atoms with Crippen LogP contribution in [0.25, 0.3) is 0 Å². The lowest BCUT2D eigenvalue weighted by Gasteiger charge is -2.10. The van der Waals surface area contributed by atoms with Gasteiger partial charge >= 0.3 is 5.97 Å². The number of nitrogens with two attached hydrogens (primary N) is 1. The number of esters is 1. The van der Waals surface area contributed by atoms with Crippen molar-refractivity contribution < 1.29 is 23.9 Å². The van der Waals surface area contributed by atoms with Crippen LogP contribution in [0.5, 0.6) is 5.75 Å². The largest absolute Gasteiger partial charge is 0.483 e. The van der Waals surface area contributed by atoms with Crippen molar-refractivity contribution in [2.24, 2.45) is 5.73 Å². The van der Waals surface area contributed by atoms with E-state index in [-0.39, 0.29) is 30.1 Å². The first-order valence-corrected chi connectivity index (χ1v) is 8.44. The molecule has 0 saturated heterocycles. The molecule has 1 heterocycles. The van der Waals surface area contributed by atoms with Crippen molar-refractivity contribution in [1.82, 2.24) is 0 Å². The Bertz CT molecular complexity index is 806. The van der Waals surface area contributed by atoms with Crippen molar-refractivity contribution in [3.8, 4) is 5.75 Å². The lowest BCUT2D eigenvalue weighted by atomic mass is 10.2. The Morgan fingerprint density at radius 1 is 1.24 bits per heavy atom. The van der Waals surface area contributed by atoms with E-state index in [1.807, 2.05) is 0 Å². The van der Waals surface area contributed by atoms with E-state index < -0.39 is 17.8 Å². The highest BCUT2D eigenvalue weighted by Gasteiger charge is 2.17. The molecule has 0 unspecified atom stereocenters. The number of carbonyl (C=O) groups is 3. The number of amides is 2. The number of hydrogen-bond donors (Lipinski definition) is 2. The molecule has 0 aliphatic heterocycles. The van der Waals surface area contributed by atoms with Crippen molar-refractivity contribution >= 4 is 45.7 Å². The van der Waals surface area contributed by atoms with Crippen molar-refractivity contribution in [2.45, 2.75) is 6.92 Å². The standard InChI is InChI=1S/C16H15ClN2O5S/c1-2-23-16(22)11-5-6-25-15(11)19-13(20)8-24-12-7-9(17)3-4-10(12)14(18)21/h3-7H,2,8H2,1H3,(H2,18,21)(H,19,20). The SMILES string of the molecule is CCOC(=O)c1ccsc1NC(=O)COc1cc(Cl)ccc1C(N)=O. The Morgan fingerprint density at radius 2 is 2.00 bits per heavy atom. The summed E-state index contributed by atoms with van der Waals surface area (Å²) in [6.45, 7) is 1.54. The first kappa shape index (κ1) is 18.8. The second-order valence-electron chi connectivity index (χ2n) is 4.73. The van der Waals surface area contributed by atoms with Crippen LogP contribution in [0.3, 0.4) is 0 Å². The Hall–Kier alpha value is -2.58. The van der Waals surface area contributed by atoms with Gasteiger partial charge in [-0.15, -0.1) is 11.3 Å². The molecule has 2 rings (SSSR count). The third-order valence-corrected chi connectivity index (χ3v) is 4.05. The summed E-state index contributed by atoms with van der Waals surface area (Å²) in [6, 6.07) is 5.85. The number of nitrogens with one attached hydrogen (secondary N) is 1. The molecule has 132 valence electrons. The minimum absolute atomic E-state index is 0.104. The smallest absolute Gasteiger partial charge is 0.341 e. The van der Waals surface area contributed by atoms with Gasteiger partial charge in [-0.25, -0.2) is 4.79 Å². The molecule has 0 fully saturated rings. The van der Waals surface area contributed by atoms with Crippen LogP contribution in [0.4, 0.5) is 5.00 Å². The number of benzene rings is 1. The summed E-state index contributed by atoms with van der Waals surface area (Å²) in [6.07, 6.45) is 0. The molecular formula is C16H15ClN2O5S. The van der Waals surface area contributed by atoms with E-state index in [0.717, 1.165) is 0 Å². The lowest BCUT2D eigenvalue weighted by molar-refractivity contribution is -0.118. The molecule has 0 atom stereocenters. The molecule has 1 aromatic heterocycles. The predicted molar refractivity (Wildman–Crippen MR) is 94.4 cm³/mol. The van der Waals surface area contributed by atoms with Crippen LogP contribution >= 0.6 is 22.9 Å². The Kier molecular flexibility index (Phi) is 6.37. The van der Waals surface area contributed by atoms with E-state index in [0.29, 0.717) is 10.0 Å². The quantitative estimate of drug-likeness (QED) is 0.716. The van der Waals surface area contributed by atoms with Gasteiger partial charge in [0.2, 0.25) is 0 Å². The summed E-state index contributed by atoms with van der Waals surface area (Å²) < 4.78 is 10.2. The van der Waals surface area contributed by atoms with Crippen LogP contribution in [0.1, 0.15) is 27.6 Å². The Morgan fingerprint density at radius 3 is 2.68 bits per heavy atom. The summed E-state index contributed by atoms with van der Waals surface area (Å²) >= 11 is 7.04. The number of ether oxygens (including phenoxy) is 2. The molecule has 0 saturated carbocycles. The van der Waals surface area contributed by atoms with Crippen molar-refractivity contribution in [3.63, 3.8) is 0 Å². The monoisotopic (exact) mass is 382 g/mol. The zero-order valence-electron chi connectivity index (χ0n) is 13.2. The molecule has 7 nitrogen and oxygen atoms in total. The van der Waals surface area contributed by atoms with E-state index in [4.69, 9.17) is 26.8 Å². The van der Waals surface area contributed by atoms with Crippen LogP contribution in [0, 0.1) is 0 Å². The average Bonchev–Trinajstić information content (AvgIpc) is 3.01. The molecule has 1 aromatic carbocycles. The van der Waals surface area contributed by atoms with Crippen LogP contribution in [0.2, 0.25) is 5.02 Å². The van der Waals surface area contributed by atoms with Gasteiger partial charge in [-0.3, -0.25) is 9.59 Å². The van der Waals surface area contributed by atoms with Gasteiger partial charge in [0.1, 0.15) is 10.8 Å². The second kappa shape index (κ2) is 8.50. The number of halogens is 1. The topological polar surface area (TPSA) is 108 Å². The van der Waals surface area contributed by atoms with E-state index in [1.165, 1.54) is 29.5 Å². The van der Waals surface area contributed by atoms with Gasteiger partial charge in [0.05, 0.1) is 17.7 Å². The van der Waals surface area contributed by atoms with Crippen molar-refractivity contribution in [1.29, 1.82) is 0 Å². The lowest BCUT2D eigenvalue weighted by Crippen LogP contribution is -2.22. The molecule has 9 heteroatoms. The molecule has 0 bridgehead atoms. The molecule has 25 heavy (non-hydrogen) atoms. The van der Waals surface area contributed by atoms with Gasteiger partial charge in [0.15, 0.2) is 6.61 Å². The van der Waals surface area contributed by atoms with Crippen molar-refractivity contribution in [3.05, 3.63) is 45.8 Å². The molecule has 2 amide bonds. The number of anilines is 1. The van der Waals surface area contributed by atoms with Crippen LogP contribution in [-0.2, 0) is 9.53 Å². The van der Waals surface area contributed by atoms with Gasteiger partial charge in [0, 0.05) is 5.02 Å². The molecule has 0 aliphatic rings. The summed E-state index contributed by atoms with van der Waals surface area (Å²) in [4.78, 5) is 35.2. The highest BCUT2D eigenvalue weighted by Crippen LogP contribution is 2.25. The van der Waals surface area contributed by atoms with Crippen LogP contribution in [0.15, 0.2) is 29.6 Å². The van der Waals surface area contributed by atoms with Gasteiger partial charge in [0.25, 0.3) is 11.8 Å². The van der Waals surface area contributed by atoms with E-state index in [1.54, 1.807) is 18.4 Å². The third kappa shape index (κ3) is 4.94. The number of rotatable bonds is 7. The average molecular weight is 383 g/mol. The maximum absolute atomic E-state index is 12.1. The van der Waals surface area contributed by atoms with Gasteiger partial charge in [-0.1, -0.05) is 11.6 Å². The minimum atomic E-state index is -0.699. The summed E-state index contributed by atoms with van der Waals surface area (Å²) in [7, 11) is 0. The normalized spacial score (nSPS) is 10.2. The minimum Gasteiger partial charge on any atom is -0.483 e. The molecular weight excluding hydrogens is 368 g/mol. The first-order chi connectivity index (χ1) is 11.9. The Labute approximate surface area is 152 Å². The number of thiophene rings is 1. The number of carbonyl (C=O) groups excluding carboxylic acids is 3. The fourth-order valence-corrected chi connectivity index (χ4v) is 2.85. The van der Waals surface area contributed by atoms with Gasteiger partial charge in [-0.05, 0) is 36.6 Å². The first-order valence-electron chi connectivity index (χ1n) is 7.19. The van der Waals surface area contributed by atoms with Gasteiger partial charge < -0.3 is 20.5 Å².